The Balaban J connectivity index is 1.62. The molecule has 1 amide bonds. The van der Waals surface area contributed by atoms with Crippen molar-refractivity contribution < 1.29 is 18.7 Å². The fourth-order valence-electron chi connectivity index (χ4n) is 2.51. The van der Waals surface area contributed by atoms with Crippen LogP contribution in [0.3, 0.4) is 0 Å². The van der Waals surface area contributed by atoms with Crippen LogP contribution >= 0.6 is 39.7 Å². The molecule has 3 rings (SSSR count). The highest BCUT2D eigenvalue weighted by molar-refractivity contribution is 9.10. The van der Waals surface area contributed by atoms with E-state index in [4.69, 9.17) is 37.7 Å². The lowest BCUT2D eigenvalue weighted by atomic mass is 10.2. The van der Waals surface area contributed by atoms with Crippen LogP contribution in [0, 0.1) is 0 Å². The Hall–Kier alpha value is -2.75. The van der Waals surface area contributed by atoms with Crippen LogP contribution in [0.1, 0.15) is 10.6 Å². The van der Waals surface area contributed by atoms with Crippen molar-refractivity contribution in [3.63, 3.8) is 0 Å². The predicted octanol–water partition coefficient (Wildman–Crippen LogP) is 5.77. The summed E-state index contributed by atoms with van der Waals surface area (Å²) in [6.07, 6.45) is 0. The van der Waals surface area contributed by atoms with Crippen LogP contribution in [-0.2, 0) is 0 Å². The summed E-state index contributed by atoms with van der Waals surface area (Å²) >= 11 is 14.7. The second-order valence-corrected chi connectivity index (χ2v) is 7.50. The van der Waals surface area contributed by atoms with Gasteiger partial charge < -0.3 is 29.8 Å². The molecule has 3 N–H and O–H groups in total. The summed E-state index contributed by atoms with van der Waals surface area (Å²) in [6.45, 7) is 0. The van der Waals surface area contributed by atoms with E-state index in [9.17, 15) is 4.79 Å². The van der Waals surface area contributed by atoms with E-state index in [0.29, 0.717) is 37.7 Å². The lowest BCUT2D eigenvalue weighted by Crippen LogP contribution is -2.19. The van der Waals surface area contributed by atoms with Crippen molar-refractivity contribution >= 4 is 67.8 Å². The summed E-state index contributed by atoms with van der Waals surface area (Å²) in [5, 5.41) is 9.61. The molecule has 0 bridgehead atoms. The van der Waals surface area contributed by atoms with Crippen LogP contribution in [0.4, 0.5) is 17.1 Å². The van der Waals surface area contributed by atoms with Crippen molar-refractivity contribution in [2.45, 2.75) is 0 Å². The third-order valence-electron chi connectivity index (χ3n) is 3.92. The van der Waals surface area contributed by atoms with Crippen molar-refractivity contribution in [3.05, 3.63) is 64.0 Å². The van der Waals surface area contributed by atoms with E-state index in [0.717, 1.165) is 5.69 Å². The van der Waals surface area contributed by atoms with E-state index in [1.54, 1.807) is 55.6 Å². The normalized spacial score (nSPS) is 10.3. The van der Waals surface area contributed by atoms with Gasteiger partial charge in [0.1, 0.15) is 11.5 Å². The zero-order chi connectivity index (χ0) is 21.7. The van der Waals surface area contributed by atoms with E-state index < -0.39 is 0 Å². The third kappa shape index (κ3) is 5.44. The van der Waals surface area contributed by atoms with Gasteiger partial charge in [-0.25, -0.2) is 0 Å². The van der Waals surface area contributed by atoms with Gasteiger partial charge in [0.05, 0.1) is 24.9 Å². The van der Waals surface area contributed by atoms with E-state index in [1.807, 2.05) is 0 Å². The van der Waals surface area contributed by atoms with E-state index in [2.05, 4.69) is 31.9 Å². The number of hydrogen-bond donors (Lipinski definition) is 3. The number of ether oxygens (including phenoxy) is 2. The first-order chi connectivity index (χ1) is 14.4. The molecule has 1 heterocycles. The summed E-state index contributed by atoms with van der Waals surface area (Å²) in [4.78, 5) is 12.1. The minimum absolute atomic E-state index is 0.210. The Labute approximate surface area is 191 Å². The summed E-state index contributed by atoms with van der Waals surface area (Å²) in [5.74, 6) is 0.893. The molecule has 0 spiro atoms. The molecule has 0 aliphatic carbocycles. The molecule has 10 heteroatoms. The second kappa shape index (κ2) is 9.84. The Morgan fingerprint density at radius 1 is 0.967 bits per heavy atom. The molecule has 0 saturated carbocycles. The highest BCUT2D eigenvalue weighted by Crippen LogP contribution is 2.36. The van der Waals surface area contributed by atoms with Crippen molar-refractivity contribution in [1.82, 2.24) is 0 Å². The van der Waals surface area contributed by atoms with E-state index >= 15 is 0 Å². The van der Waals surface area contributed by atoms with Gasteiger partial charge >= 0.3 is 0 Å². The quantitative estimate of drug-likeness (QED) is 0.363. The van der Waals surface area contributed by atoms with Crippen LogP contribution < -0.4 is 25.4 Å². The molecule has 7 nitrogen and oxygen atoms in total. The smallest absolute Gasteiger partial charge is 0.291 e. The Kier molecular flexibility index (Phi) is 7.20. The molecule has 3 aromatic rings. The van der Waals surface area contributed by atoms with Crippen molar-refractivity contribution in [2.24, 2.45) is 0 Å². The van der Waals surface area contributed by atoms with Crippen LogP contribution in [-0.4, -0.2) is 25.2 Å². The number of furan rings is 1. The topological polar surface area (TPSA) is 84.8 Å². The summed E-state index contributed by atoms with van der Waals surface area (Å²) in [6, 6.07) is 13.6. The zero-order valence-electron chi connectivity index (χ0n) is 15.9. The number of hydrogen-bond acceptors (Lipinski definition) is 5. The number of carbonyl (C=O) groups is 1. The van der Waals surface area contributed by atoms with Crippen LogP contribution in [0.2, 0.25) is 5.02 Å². The molecule has 1 aromatic heterocycles. The highest BCUT2D eigenvalue weighted by Gasteiger charge is 2.12. The lowest BCUT2D eigenvalue weighted by Gasteiger charge is -2.15. The van der Waals surface area contributed by atoms with Crippen LogP contribution in [0.5, 0.6) is 11.5 Å². The number of methoxy groups -OCH3 is 2. The fraction of sp³-hybridized carbons (Fsp3) is 0.100. The molecule has 0 aliphatic rings. The average Bonchev–Trinajstić information content (AvgIpc) is 3.16. The van der Waals surface area contributed by atoms with Crippen molar-refractivity contribution in [2.75, 3.05) is 30.2 Å². The molecule has 0 atom stereocenters. The van der Waals surface area contributed by atoms with Gasteiger partial charge in [0.25, 0.3) is 5.91 Å². The number of carbonyl (C=O) groups excluding carboxylic acids is 1. The van der Waals surface area contributed by atoms with Crippen molar-refractivity contribution in [1.29, 1.82) is 0 Å². The van der Waals surface area contributed by atoms with Crippen LogP contribution in [0.15, 0.2) is 57.6 Å². The number of amides is 1. The second-order valence-electron chi connectivity index (χ2n) is 5.90. The molecular weight excluding hydrogens is 494 g/mol. The number of rotatable bonds is 6. The van der Waals surface area contributed by atoms with Gasteiger partial charge in [-0.15, -0.1) is 0 Å². The summed E-state index contributed by atoms with van der Waals surface area (Å²) < 4.78 is 16.3. The van der Waals surface area contributed by atoms with Gasteiger partial charge in [-0.2, -0.15) is 0 Å². The Morgan fingerprint density at radius 3 is 2.17 bits per heavy atom. The van der Waals surface area contributed by atoms with Gasteiger partial charge in [0.15, 0.2) is 15.5 Å². The van der Waals surface area contributed by atoms with Gasteiger partial charge in [-0.3, -0.25) is 4.79 Å². The molecule has 0 aliphatic heterocycles. The summed E-state index contributed by atoms with van der Waals surface area (Å²) in [7, 11) is 3.07. The third-order valence-corrected chi connectivity index (χ3v) is 4.85. The molecular formula is C20H17BrClN3O4S. The molecule has 0 unspecified atom stereocenters. The molecule has 0 saturated heterocycles. The monoisotopic (exact) mass is 509 g/mol. The largest absolute Gasteiger partial charge is 0.495 e. The average molecular weight is 511 g/mol. The Bertz CT molecular complexity index is 1070. The predicted molar refractivity (Wildman–Crippen MR) is 125 cm³/mol. The number of thiocarbonyl (C=S) groups is 1. The maximum atomic E-state index is 12.1. The molecule has 0 fully saturated rings. The molecule has 2 aromatic carbocycles. The summed E-state index contributed by atoms with van der Waals surface area (Å²) in [5.41, 5.74) is 1.93. The van der Waals surface area contributed by atoms with Crippen LogP contribution in [0.25, 0.3) is 0 Å². The van der Waals surface area contributed by atoms with Gasteiger partial charge in [0.2, 0.25) is 0 Å². The molecule has 0 radical (unpaired) electrons. The number of anilines is 3. The van der Waals surface area contributed by atoms with E-state index in [1.165, 1.54) is 7.11 Å². The maximum Gasteiger partial charge on any atom is 0.291 e. The van der Waals surface area contributed by atoms with E-state index in [-0.39, 0.29) is 11.7 Å². The highest BCUT2D eigenvalue weighted by atomic mass is 79.9. The molecule has 156 valence electrons. The van der Waals surface area contributed by atoms with Crippen molar-refractivity contribution in [3.8, 4) is 11.5 Å². The first kappa shape index (κ1) is 21.9. The lowest BCUT2D eigenvalue weighted by molar-refractivity contribution is 0.0995. The van der Waals surface area contributed by atoms with Gasteiger partial charge in [-0.1, -0.05) is 11.6 Å². The number of halogens is 2. The van der Waals surface area contributed by atoms with Gasteiger partial charge in [0, 0.05) is 17.4 Å². The molecule has 30 heavy (non-hydrogen) atoms. The van der Waals surface area contributed by atoms with Gasteiger partial charge in [-0.05, 0) is 70.6 Å². The number of nitrogens with one attached hydrogen (secondary N) is 3. The first-order valence-corrected chi connectivity index (χ1v) is 10.1. The first-order valence-electron chi connectivity index (χ1n) is 8.56. The SMILES string of the molecule is COc1cc(OC)c(NC(=S)Nc2ccc(NC(=O)c3ccc(Br)o3)cc2)cc1Cl. The maximum absolute atomic E-state index is 12.1. The number of benzene rings is 2. The minimum atomic E-state index is -0.345. The fourth-order valence-corrected chi connectivity index (χ4v) is 3.28. The zero-order valence-corrected chi connectivity index (χ0v) is 19.1. The Morgan fingerprint density at radius 2 is 1.60 bits per heavy atom. The minimum Gasteiger partial charge on any atom is -0.495 e. The standard InChI is InChI=1S/C20H17BrClN3O4S/c1-27-16-10-17(28-2)14(9-13(16)22)25-20(30)24-12-5-3-11(4-6-12)23-19(26)15-7-8-18(21)29-15/h3-10H,1-2H3,(H,23,26)(H2,24,25,30).